The Morgan fingerprint density at radius 3 is 2.79 bits per heavy atom. The molecule has 19 heavy (non-hydrogen) atoms. The first-order valence-electron chi connectivity index (χ1n) is 6.00. The third-order valence-electron chi connectivity index (χ3n) is 2.97. The van der Waals surface area contributed by atoms with E-state index in [4.69, 9.17) is 5.73 Å². The molecule has 0 radical (unpaired) electrons. The number of aromatic hydroxyl groups is 2. The van der Waals surface area contributed by atoms with E-state index in [1.807, 2.05) is 17.2 Å². The molecule has 0 aliphatic carbocycles. The van der Waals surface area contributed by atoms with Gasteiger partial charge in [-0.15, -0.1) is 0 Å². The fourth-order valence-electron chi connectivity index (χ4n) is 1.90. The molecule has 4 N–H and O–H groups in total. The van der Waals surface area contributed by atoms with Gasteiger partial charge >= 0.3 is 0 Å². The van der Waals surface area contributed by atoms with Crippen molar-refractivity contribution in [1.29, 1.82) is 0 Å². The van der Waals surface area contributed by atoms with Crippen LogP contribution in [0.2, 0.25) is 0 Å². The van der Waals surface area contributed by atoms with Gasteiger partial charge in [0, 0.05) is 18.3 Å². The minimum atomic E-state index is -0.406. The van der Waals surface area contributed by atoms with Gasteiger partial charge in [0.05, 0.1) is 0 Å². The van der Waals surface area contributed by atoms with Gasteiger partial charge in [-0.3, -0.25) is 4.79 Å². The smallest absolute Gasteiger partial charge is 0.246 e. The van der Waals surface area contributed by atoms with Crippen LogP contribution in [-0.2, 0) is 11.2 Å². The fourth-order valence-corrected chi connectivity index (χ4v) is 1.90. The molecule has 1 aliphatic rings. The third kappa shape index (κ3) is 3.28. The van der Waals surface area contributed by atoms with E-state index in [1.54, 1.807) is 12.3 Å². The van der Waals surface area contributed by atoms with E-state index in [9.17, 15) is 15.0 Å². The van der Waals surface area contributed by atoms with E-state index in [1.165, 1.54) is 12.1 Å². The predicted octanol–water partition coefficient (Wildman–Crippen LogP) is 1.23. The second-order valence-corrected chi connectivity index (χ2v) is 4.42. The number of nitrogens with zero attached hydrogens (tertiary/aromatic N) is 1. The summed E-state index contributed by atoms with van der Waals surface area (Å²) in [5.41, 5.74) is 6.73. The summed E-state index contributed by atoms with van der Waals surface area (Å²) in [7, 11) is 0. The number of carbonyl (C=O) groups is 1. The Labute approximate surface area is 111 Å². The first-order chi connectivity index (χ1) is 9.06. The number of carbonyl (C=O) groups excluding carboxylic acids is 1. The number of nitrogens with two attached hydrogens (primary N) is 1. The molecule has 100 valence electrons. The zero-order valence-electron chi connectivity index (χ0n) is 10.4. The number of rotatable bonds is 4. The maximum absolute atomic E-state index is 11.1. The van der Waals surface area contributed by atoms with Gasteiger partial charge in [0.15, 0.2) is 11.5 Å². The van der Waals surface area contributed by atoms with Gasteiger partial charge in [-0.1, -0.05) is 12.1 Å². The van der Waals surface area contributed by atoms with Gasteiger partial charge < -0.3 is 20.8 Å². The van der Waals surface area contributed by atoms with Crippen molar-refractivity contribution in [3.63, 3.8) is 0 Å². The Bertz CT molecular complexity index is 550. The number of benzene rings is 1. The molecule has 0 unspecified atom stereocenters. The number of amides is 1. The normalized spacial score (nSPS) is 14.3. The molecule has 1 amide bonds. The number of hydrogen-bond donors (Lipinski definition) is 3. The molecule has 0 aromatic heterocycles. The highest BCUT2D eigenvalue weighted by Crippen LogP contribution is 2.25. The fraction of sp³-hybridized carbons (Fsp3) is 0.214. The van der Waals surface area contributed by atoms with Crippen molar-refractivity contribution in [3.8, 4) is 11.5 Å². The molecule has 0 atom stereocenters. The van der Waals surface area contributed by atoms with Gasteiger partial charge in [0.25, 0.3) is 0 Å². The molecule has 5 heteroatoms. The Kier molecular flexibility index (Phi) is 3.75. The van der Waals surface area contributed by atoms with E-state index in [2.05, 4.69) is 0 Å². The van der Waals surface area contributed by atoms with Crippen molar-refractivity contribution < 1.29 is 15.0 Å². The number of allylic oxidation sites excluding steroid dienone is 1. The molecule has 1 aliphatic heterocycles. The van der Waals surface area contributed by atoms with E-state index < -0.39 is 5.91 Å². The van der Waals surface area contributed by atoms with Crippen LogP contribution >= 0.6 is 0 Å². The number of phenolic OH excluding ortho intramolecular Hbond substituents is 2. The standard InChI is InChI=1S/C14H16N2O3/c15-14(19)11-2-1-6-16(9-11)7-5-10-3-4-12(17)13(18)8-10/h1,3-4,6,8-9,17-18H,2,5,7H2,(H2,15,19). The van der Waals surface area contributed by atoms with Gasteiger partial charge in [0.1, 0.15) is 0 Å². The summed E-state index contributed by atoms with van der Waals surface area (Å²) in [5.74, 6) is -0.658. The van der Waals surface area contributed by atoms with E-state index in [0.29, 0.717) is 25.0 Å². The molecule has 0 saturated heterocycles. The van der Waals surface area contributed by atoms with Crippen LogP contribution in [0, 0.1) is 0 Å². The predicted molar refractivity (Wildman–Crippen MR) is 71.2 cm³/mol. The third-order valence-corrected chi connectivity index (χ3v) is 2.97. The summed E-state index contributed by atoms with van der Waals surface area (Å²) in [4.78, 5) is 13.0. The van der Waals surface area contributed by atoms with Crippen molar-refractivity contribution in [2.45, 2.75) is 12.8 Å². The van der Waals surface area contributed by atoms with Crippen LogP contribution in [0.4, 0.5) is 0 Å². The average Bonchev–Trinajstić information content (AvgIpc) is 2.40. The van der Waals surface area contributed by atoms with Crippen LogP contribution in [-0.4, -0.2) is 27.6 Å². The van der Waals surface area contributed by atoms with Gasteiger partial charge in [-0.25, -0.2) is 0 Å². The summed E-state index contributed by atoms with van der Waals surface area (Å²) >= 11 is 0. The molecular weight excluding hydrogens is 244 g/mol. The van der Waals surface area contributed by atoms with E-state index in [-0.39, 0.29) is 11.5 Å². The van der Waals surface area contributed by atoms with Crippen LogP contribution in [0.1, 0.15) is 12.0 Å². The molecule has 0 bridgehead atoms. The van der Waals surface area contributed by atoms with Gasteiger partial charge in [-0.05, 0) is 36.7 Å². The van der Waals surface area contributed by atoms with Crippen molar-refractivity contribution in [1.82, 2.24) is 4.90 Å². The van der Waals surface area contributed by atoms with Crippen LogP contribution in [0.5, 0.6) is 11.5 Å². The number of hydrogen-bond acceptors (Lipinski definition) is 4. The lowest BCUT2D eigenvalue weighted by molar-refractivity contribution is -0.114. The molecule has 0 saturated carbocycles. The second kappa shape index (κ2) is 5.48. The summed E-state index contributed by atoms with van der Waals surface area (Å²) in [6.45, 7) is 0.664. The minimum Gasteiger partial charge on any atom is -0.504 e. The second-order valence-electron chi connectivity index (χ2n) is 4.42. The first-order valence-corrected chi connectivity index (χ1v) is 6.00. The molecule has 1 heterocycles. The van der Waals surface area contributed by atoms with Crippen molar-refractivity contribution in [3.05, 3.63) is 47.8 Å². The zero-order chi connectivity index (χ0) is 13.8. The largest absolute Gasteiger partial charge is 0.504 e. The van der Waals surface area contributed by atoms with Crippen LogP contribution in [0.3, 0.4) is 0 Å². The maximum atomic E-state index is 11.1. The molecule has 1 aromatic carbocycles. The van der Waals surface area contributed by atoms with Crippen molar-refractivity contribution in [2.75, 3.05) is 6.54 Å². The molecular formula is C14H16N2O3. The highest BCUT2D eigenvalue weighted by Gasteiger charge is 2.10. The lowest BCUT2D eigenvalue weighted by Crippen LogP contribution is -2.22. The van der Waals surface area contributed by atoms with Crippen LogP contribution in [0.15, 0.2) is 42.2 Å². The Balaban J connectivity index is 1.98. The van der Waals surface area contributed by atoms with Crippen LogP contribution in [0.25, 0.3) is 0 Å². The van der Waals surface area contributed by atoms with Crippen molar-refractivity contribution >= 4 is 5.91 Å². The molecule has 1 aromatic rings. The monoisotopic (exact) mass is 260 g/mol. The number of primary amides is 1. The Morgan fingerprint density at radius 1 is 1.32 bits per heavy atom. The van der Waals surface area contributed by atoms with E-state index in [0.717, 1.165) is 5.56 Å². The first kappa shape index (κ1) is 13.0. The summed E-state index contributed by atoms with van der Waals surface area (Å²) in [6.07, 6.45) is 6.76. The summed E-state index contributed by atoms with van der Waals surface area (Å²) in [5, 5.41) is 18.6. The quantitative estimate of drug-likeness (QED) is 0.711. The highest BCUT2D eigenvalue weighted by molar-refractivity contribution is 5.92. The number of phenols is 2. The average molecular weight is 260 g/mol. The lowest BCUT2D eigenvalue weighted by atomic mass is 10.1. The Morgan fingerprint density at radius 2 is 2.11 bits per heavy atom. The Hall–Kier alpha value is -2.43. The maximum Gasteiger partial charge on any atom is 0.246 e. The SMILES string of the molecule is NC(=O)C1=CN(CCc2ccc(O)c(O)c2)C=CC1. The van der Waals surface area contributed by atoms with Gasteiger partial charge in [0.2, 0.25) is 5.91 Å². The minimum absolute atomic E-state index is 0.125. The van der Waals surface area contributed by atoms with E-state index >= 15 is 0 Å². The lowest BCUT2D eigenvalue weighted by Gasteiger charge is -2.20. The van der Waals surface area contributed by atoms with Crippen molar-refractivity contribution in [2.24, 2.45) is 5.73 Å². The summed E-state index contributed by atoms with van der Waals surface area (Å²) < 4.78 is 0. The molecule has 2 rings (SSSR count). The zero-order valence-corrected chi connectivity index (χ0v) is 10.4. The summed E-state index contributed by atoms with van der Waals surface area (Å²) in [6, 6.07) is 4.74. The topological polar surface area (TPSA) is 86.8 Å². The molecule has 0 fully saturated rings. The molecule has 5 nitrogen and oxygen atoms in total. The highest BCUT2D eigenvalue weighted by atomic mass is 16.3. The van der Waals surface area contributed by atoms with Gasteiger partial charge in [-0.2, -0.15) is 0 Å². The van der Waals surface area contributed by atoms with Crippen LogP contribution < -0.4 is 5.73 Å². The molecule has 0 spiro atoms.